The monoisotopic (exact) mass is 291 g/mol. The Kier molecular flexibility index (Phi) is 3.26. The Morgan fingerprint density at radius 3 is 2.52 bits per heavy atom. The quantitative estimate of drug-likeness (QED) is 0.753. The molecule has 0 spiro atoms. The largest absolute Gasteiger partial charge is 0.341 e. The number of amides is 1. The van der Waals surface area contributed by atoms with Crippen molar-refractivity contribution >= 4 is 5.91 Å². The van der Waals surface area contributed by atoms with Gasteiger partial charge in [-0.15, -0.1) is 0 Å². The number of fused-ring (bicyclic) bond motifs is 2. The van der Waals surface area contributed by atoms with E-state index in [0.29, 0.717) is 17.9 Å². The number of aromatic nitrogens is 2. The summed E-state index contributed by atoms with van der Waals surface area (Å²) in [6.07, 6.45) is 5.07. The normalized spacial score (nSPS) is 28.8. The first-order chi connectivity index (χ1) is 9.90. The van der Waals surface area contributed by atoms with E-state index in [1.807, 2.05) is 7.05 Å². The molecule has 1 amide bonds. The molecule has 1 aromatic heterocycles. The van der Waals surface area contributed by atoms with Crippen molar-refractivity contribution in [2.45, 2.75) is 44.7 Å². The lowest BCUT2D eigenvalue weighted by atomic mass is 9.76. The lowest BCUT2D eigenvalue weighted by molar-refractivity contribution is -0.140. The van der Waals surface area contributed by atoms with Crippen LogP contribution in [0.3, 0.4) is 0 Å². The summed E-state index contributed by atoms with van der Waals surface area (Å²) in [6, 6.07) is 0.0214. The van der Waals surface area contributed by atoms with Gasteiger partial charge in [-0.25, -0.2) is 4.79 Å². The van der Waals surface area contributed by atoms with Crippen LogP contribution in [0.15, 0.2) is 15.8 Å². The lowest BCUT2D eigenvalue weighted by Gasteiger charge is -2.46. The van der Waals surface area contributed by atoms with E-state index in [0.717, 1.165) is 23.8 Å². The molecule has 0 unspecified atom stereocenters. The SMILES string of the molecule is Cc1cn([C@H]2CC[C@H]3CC(=O)N(C)[C@H]2C3)c(=O)n(C)c1=O. The Morgan fingerprint density at radius 1 is 1.10 bits per heavy atom. The molecule has 1 saturated carbocycles. The average Bonchev–Trinajstić information content (AvgIpc) is 2.47. The molecule has 1 aromatic rings. The van der Waals surface area contributed by atoms with Crippen LogP contribution < -0.4 is 11.2 Å². The highest BCUT2D eigenvalue weighted by Crippen LogP contribution is 2.39. The second-order valence-electron chi connectivity index (χ2n) is 6.39. The second kappa shape index (κ2) is 4.86. The first kappa shape index (κ1) is 14.1. The van der Waals surface area contributed by atoms with Crippen LogP contribution in [0.5, 0.6) is 0 Å². The van der Waals surface area contributed by atoms with Gasteiger partial charge in [-0.3, -0.25) is 18.7 Å². The molecule has 6 nitrogen and oxygen atoms in total. The number of nitrogens with zero attached hydrogens (tertiary/aromatic N) is 3. The molecule has 0 radical (unpaired) electrons. The molecule has 2 aliphatic rings. The van der Waals surface area contributed by atoms with Gasteiger partial charge in [-0.1, -0.05) is 0 Å². The molecular formula is C15H21N3O3. The highest BCUT2D eigenvalue weighted by atomic mass is 16.2. The number of rotatable bonds is 1. The zero-order chi connectivity index (χ0) is 15.3. The maximum Gasteiger partial charge on any atom is 0.331 e. The van der Waals surface area contributed by atoms with Gasteiger partial charge < -0.3 is 4.90 Å². The summed E-state index contributed by atoms with van der Waals surface area (Å²) < 4.78 is 2.82. The van der Waals surface area contributed by atoms with Crippen LogP contribution in [0, 0.1) is 12.8 Å². The summed E-state index contributed by atoms with van der Waals surface area (Å²) >= 11 is 0. The number of carbonyl (C=O) groups is 1. The molecule has 3 rings (SSSR count). The van der Waals surface area contributed by atoms with Gasteiger partial charge in [-0.2, -0.15) is 0 Å². The number of piperidine rings is 1. The third kappa shape index (κ3) is 2.13. The zero-order valence-electron chi connectivity index (χ0n) is 12.7. The lowest BCUT2D eigenvalue weighted by Crippen LogP contribution is -2.53. The van der Waals surface area contributed by atoms with Gasteiger partial charge in [0, 0.05) is 32.3 Å². The van der Waals surface area contributed by atoms with Gasteiger partial charge >= 0.3 is 5.69 Å². The molecule has 6 heteroatoms. The zero-order valence-corrected chi connectivity index (χ0v) is 12.7. The number of likely N-dealkylation sites (N-methyl/N-ethyl adjacent to an activating group) is 1. The molecule has 2 bridgehead atoms. The van der Waals surface area contributed by atoms with Gasteiger partial charge in [-0.05, 0) is 32.1 Å². The summed E-state index contributed by atoms with van der Waals surface area (Å²) in [5.74, 6) is 0.606. The number of likely N-dealkylation sites (tertiary alicyclic amines) is 1. The molecular weight excluding hydrogens is 270 g/mol. The summed E-state index contributed by atoms with van der Waals surface area (Å²) in [7, 11) is 3.33. The molecule has 1 aliphatic carbocycles. The van der Waals surface area contributed by atoms with Gasteiger partial charge in [0.1, 0.15) is 0 Å². The van der Waals surface area contributed by atoms with Crippen molar-refractivity contribution in [3.63, 3.8) is 0 Å². The van der Waals surface area contributed by atoms with Crippen LogP contribution in [0.25, 0.3) is 0 Å². The van der Waals surface area contributed by atoms with Crippen molar-refractivity contribution < 1.29 is 4.79 Å². The Balaban J connectivity index is 2.07. The molecule has 1 aliphatic heterocycles. The van der Waals surface area contributed by atoms with Gasteiger partial charge in [0.05, 0.1) is 12.1 Å². The number of hydrogen-bond acceptors (Lipinski definition) is 3. The first-order valence-electron chi connectivity index (χ1n) is 7.44. The Labute approximate surface area is 123 Å². The predicted octanol–water partition coefficient (Wildman–Crippen LogP) is 0.427. The molecule has 114 valence electrons. The maximum atomic E-state index is 12.4. The van der Waals surface area contributed by atoms with Crippen LogP contribution in [0.2, 0.25) is 0 Å². The summed E-state index contributed by atoms with van der Waals surface area (Å²) in [4.78, 5) is 38.1. The summed E-state index contributed by atoms with van der Waals surface area (Å²) in [6.45, 7) is 1.72. The highest BCUT2D eigenvalue weighted by molar-refractivity contribution is 5.77. The van der Waals surface area contributed by atoms with E-state index >= 15 is 0 Å². The molecule has 2 heterocycles. The predicted molar refractivity (Wildman–Crippen MR) is 78.2 cm³/mol. The second-order valence-corrected chi connectivity index (χ2v) is 6.39. The van der Waals surface area contributed by atoms with E-state index < -0.39 is 0 Å². The number of aryl methyl sites for hydroxylation is 1. The smallest absolute Gasteiger partial charge is 0.331 e. The van der Waals surface area contributed by atoms with E-state index in [4.69, 9.17) is 0 Å². The van der Waals surface area contributed by atoms with Gasteiger partial charge in [0.2, 0.25) is 5.91 Å². The van der Waals surface area contributed by atoms with E-state index in [1.165, 1.54) is 7.05 Å². The Bertz CT molecular complexity index is 703. The highest BCUT2D eigenvalue weighted by Gasteiger charge is 2.41. The van der Waals surface area contributed by atoms with Crippen LogP contribution in [-0.2, 0) is 11.8 Å². The molecule has 0 N–H and O–H groups in total. The third-order valence-corrected chi connectivity index (χ3v) is 5.08. The number of hydrogen-bond donors (Lipinski definition) is 0. The minimum absolute atomic E-state index is 0.0338. The van der Waals surface area contributed by atoms with Crippen molar-refractivity contribution in [1.29, 1.82) is 0 Å². The first-order valence-corrected chi connectivity index (χ1v) is 7.44. The number of carbonyl (C=O) groups excluding carboxylic acids is 1. The molecule has 3 atom stereocenters. The molecule has 0 aromatic carbocycles. The Morgan fingerprint density at radius 2 is 1.81 bits per heavy atom. The maximum absolute atomic E-state index is 12.4. The van der Waals surface area contributed by atoms with Crippen molar-refractivity contribution in [3.05, 3.63) is 32.6 Å². The van der Waals surface area contributed by atoms with Crippen LogP contribution in [0.1, 0.15) is 37.3 Å². The van der Waals surface area contributed by atoms with Crippen molar-refractivity contribution in [2.24, 2.45) is 13.0 Å². The van der Waals surface area contributed by atoms with Crippen LogP contribution in [0.4, 0.5) is 0 Å². The minimum Gasteiger partial charge on any atom is -0.341 e. The van der Waals surface area contributed by atoms with Crippen molar-refractivity contribution in [2.75, 3.05) is 7.05 Å². The molecule has 21 heavy (non-hydrogen) atoms. The minimum atomic E-state index is -0.291. The Hall–Kier alpha value is -1.85. The van der Waals surface area contributed by atoms with Crippen LogP contribution in [-0.4, -0.2) is 33.0 Å². The summed E-state index contributed by atoms with van der Waals surface area (Å²) in [5, 5.41) is 0. The fraction of sp³-hybridized carbons (Fsp3) is 0.667. The topological polar surface area (TPSA) is 64.3 Å². The molecule has 2 fully saturated rings. The van der Waals surface area contributed by atoms with Crippen LogP contribution >= 0.6 is 0 Å². The van der Waals surface area contributed by atoms with E-state index in [1.54, 1.807) is 22.6 Å². The fourth-order valence-corrected chi connectivity index (χ4v) is 3.80. The fourth-order valence-electron chi connectivity index (χ4n) is 3.80. The van der Waals surface area contributed by atoms with E-state index in [2.05, 4.69) is 0 Å². The third-order valence-electron chi connectivity index (χ3n) is 5.08. The standard InChI is InChI=1S/C15H21N3O3/c1-9-8-18(15(21)17(3)14(9)20)11-5-4-10-6-12(11)16(2)13(19)7-10/h8,10-12H,4-7H2,1-3H3/t10-,11+,12+/m1/s1. The van der Waals surface area contributed by atoms with Gasteiger partial charge in [0.25, 0.3) is 5.56 Å². The van der Waals surface area contributed by atoms with Crippen molar-refractivity contribution in [3.8, 4) is 0 Å². The van der Waals surface area contributed by atoms with Gasteiger partial charge in [0.15, 0.2) is 0 Å². The van der Waals surface area contributed by atoms with E-state index in [9.17, 15) is 14.4 Å². The summed E-state index contributed by atoms with van der Waals surface area (Å²) in [5.41, 5.74) is 0.0162. The molecule has 1 saturated heterocycles. The average molecular weight is 291 g/mol. The van der Waals surface area contributed by atoms with E-state index in [-0.39, 0.29) is 29.2 Å². The van der Waals surface area contributed by atoms with Crippen molar-refractivity contribution in [1.82, 2.24) is 14.0 Å².